The van der Waals surface area contributed by atoms with Crippen molar-refractivity contribution in [3.8, 4) is 0 Å². The highest BCUT2D eigenvalue weighted by molar-refractivity contribution is 5.71. The molecule has 0 aliphatic carbocycles. The molecule has 11 heavy (non-hydrogen) atoms. The van der Waals surface area contributed by atoms with E-state index in [1.165, 1.54) is 6.21 Å². The quantitative estimate of drug-likeness (QED) is 0.566. The maximum atomic E-state index is 10.9. The molecule has 0 aromatic rings. The number of amides is 1. The monoisotopic (exact) mass is 158 g/mol. The molecular weight excluding hydrogens is 148 g/mol. The van der Waals surface area contributed by atoms with Crippen molar-refractivity contribution >= 4 is 12.3 Å². The first-order valence-electron chi connectivity index (χ1n) is 3.41. The van der Waals surface area contributed by atoms with Crippen LogP contribution in [0.3, 0.4) is 0 Å². The van der Waals surface area contributed by atoms with E-state index < -0.39 is 6.09 Å². The van der Waals surface area contributed by atoms with Crippen molar-refractivity contribution in [3.05, 3.63) is 0 Å². The van der Waals surface area contributed by atoms with Gasteiger partial charge >= 0.3 is 6.09 Å². The molecule has 1 rings (SSSR count). The van der Waals surface area contributed by atoms with E-state index in [-0.39, 0.29) is 6.10 Å². The second-order valence-electron chi connectivity index (χ2n) is 2.05. The van der Waals surface area contributed by atoms with Crippen molar-refractivity contribution in [2.45, 2.75) is 20.0 Å². The van der Waals surface area contributed by atoms with Gasteiger partial charge in [-0.15, -0.1) is 0 Å². The predicted molar refractivity (Wildman–Crippen MR) is 37.9 cm³/mol. The smallest absolute Gasteiger partial charge is 0.447 e. The second kappa shape index (κ2) is 3.34. The van der Waals surface area contributed by atoms with Gasteiger partial charge in [0.2, 0.25) is 0 Å². The third-order valence-electron chi connectivity index (χ3n) is 1.07. The Kier molecular flexibility index (Phi) is 2.43. The highest BCUT2D eigenvalue weighted by Crippen LogP contribution is 2.06. The van der Waals surface area contributed by atoms with Crippen LogP contribution in [0.4, 0.5) is 4.79 Å². The van der Waals surface area contributed by atoms with Gasteiger partial charge in [-0.2, -0.15) is 5.10 Å². The molecule has 1 unspecified atom stereocenters. The van der Waals surface area contributed by atoms with Gasteiger partial charge in [-0.3, -0.25) is 0 Å². The molecular formula is C6H10N2O3. The Bertz CT molecular complexity index is 181. The molecule has 1 aliphatic rings. The number of nitrogens with zero attached hydrogens (tertiary/aromatic N) is 2. The molecule has 0 aromatic carbocycles. The Morgan fingerprint density at radius 3 is 3.09 bits per heavy atom. The third kappa shape index (κ3) is 1.91. The minimum atomic E-state index is -0.576. The largest absolute Gasteiger partial charge is 0.455 e. The maximum absolute atomic E-state index is 10.9. The van der Waals surface area contributed by atoms with Crippen LogP contribution in [0.25, 0.3) is 0 Å². The van der Waals surface area contributed by atoms with Crippen LogP contribution in [0.15, 0.2) is 5.10 Å². The number of carbonyl (C=O) groups is 1. The van der Waals surface area contributed by atoms with Gasteiger partial charge in [0.05, 0.1) is 12.8 Å². The topological polar surface area (TPSA) is 51.1 Å². The third-order valence-corrected chi connectivity index (χ3v) is 1.07. The lowest BCUT2D eigenvalue weighted by molar-refractivity contribution is -0.130. The molecule has 0 fully saturated rings. The van der Waals surface area contributed by atoms with Crippen LogP contribution in [-0.4, -0.2) is 30.2 Å². The summed E-state index contributed by atoms with van der Waals surface area (Å²) in [7, 11) is 0. The minimum absolute atomic E-state index is 0.153. The SMILES string of the molecule is CCOC(=O)N1N=CC(C)O1. The summed E-state index contributed by atoms with van der Waals surface area (Å²) < 4.78 is 4.62. The van der Waals surface area contributed by atoms with Crippen molar-refractivity contribution in [1.82, 2.24) is 5.17 Å². The van der Waals surface area contributed by atoms with E-state index in [0.717, 1.165) is 5.17 Å². The van der Waals surface area contributed by atoms with E-state index in [2.05, 4.69) is 9.84 Å². The van der Waals surface area contributed by atoms with Crippen molar-refractivity contribution < 1.29 is 14.4 Å². The van der Waals surface area contributed by atoms with Crippen LogP contribution in [-0.2, 0) is 9.57 Å². The van der Waals surface area contributed by atoms with Crippen LogP contribution >= 0.6 is 0 Å². The van der Waals surface area contributed by atoms with E-state index in [4.69, 9.17) is 4.84 Å². The number of hydrogen-bond acceptors (Lipinski definition) is 4. The lowest BCUT2D eigenvalue weighted by Crippen LogP contribution is -2.25. The molecule has 1 atom stereocenters. The zero-order valence-corrected chi connectivity index (χ0v) is 6.48. The molecule has 0 spiro atoms. The highest BCUT2D eigenvalue weighted by atomic mass is 16.8. The fourth-order valence-corrected chi connectivity index (χ4v) is 0.635. The molecule has 0 radical (unpaired) electrons. The Hall–Kier alpha value is -1.10. The number of hydrazone groups is 1. The number of carbonyl (C=O) groups excluding carboxylic acids is 1. The molecule has 1 heterocycles. The van der Waals surface area contributed by atoms with Crippen LogP contribution in [0.2, 0.25) is 0 Å². The summed E-state index contributed by atoms with van der Waals surface area (Å²) in [4.78, 5) is 15.8. The van der Waals surface area contributed by atoms with Crippen molar-refractivity contribution in [2.75, 3.05) is 6.61 Å². The van der Waals surface area contributed by atoms with Crippen molar-refractivity contribution in [3.63, 3.8) is 0 Å². The average molecular weight is 158 g/mol. The summed E-state index contributed by atoms with van der Waals surface area (Å²) in [5, 5.41) is 4.49. The van der Waals surface area contributed by atoms with Gasteiger partial charge in [-0.25, -0.2) is 9.63 Å². The molecule has 0 bridgehead atoms. The standard InChI is InChI=1S/C6H10N2O3/c1-3-10-6(9)8-7-4-5(2)11-8/h4-5H,3H2,1-2H3. The van der Waals surface area contributed by atoms with Crippen LogP contribution in [0.5, 0.6) is 0 Å². The Labute approximate surface area is 64.5 Å². The fraction of sp³-hybridized carbons (Fsp3) is 0.667. The Balaban J connectivity index is 2.38. The van der Waals surface area contributed by atoms with Crippen LogP contribution < -0.4 is 0 Å². The first kappa shape index (κ1) is 8.00. The summed E-state index contributed by atoms with van der Waals surface area (Å²) in [5.74, 6) is 0. The Morgan fingerprint density at radius 2 is 2.64 bits per heavy atom. The van der Waals surface area contributed by atoms with E-state index in [0.29, 0.717) is 6.61 Å². The molecule has 0 saturated carbocycles. The van der Waals surface area contributed by atoms with Gasteiger partial charge in [0.15, 0.2) is 0 Å². The predicted octanol–water partition coefficient (Wildman–Crippen LogP) is 0.764. The maximum Gasteiger partial charge on any atom is 0.455 e. The van der Waals surface area contributed by atoms with Crippen LogP contribution in [0, 0.1) is 0 Å². The Morgan fingerprint density at radius 1 is 1.91 bits per heavy atom. The first-order valence-corrected chi connectivity index (χ1v) is 3.41. The van der Waals surface area contributed by atoms with Gasteiger partial charge in [0.25, 0.3) is 0 Å². The molecule has 0 aromatic heterocycles. The second-order valence-corrected chi connectivity index (χ2v) is 2.05. The molecule has 0 saturated heterocycles. The summed E-state index contributed by atoms with van der Waals surface area (Å²) in [5.41, 5.74) is 0. The van der Waals surface area contributed by atoms with E-state index >= 15 is 0 Å². The minimum Gasteiger partial charge on any atom is -0.447 e. The van der Waals surface area contributed by atoms with E-state index in [9.17, 15) is 4.79 Å². The molecule has 62 valence electrons. The molecule has 0 N–H and O–H groups in total. The highest BCUT2D eigenvalue weighted by Gasteiger charge is 2.21. The first-order chi connectivity index (χ1) is 5.24. The molecule has 5 nitrogen and oxygen atoms in total. The summed E-state index contributed by atoms with van der Waals surface area (Å²) >= 11 is 0. The number of hydroxylamine groups is 1. The zero-order valence-electron chi connectivity index (χ0n) is 6.48. The van der Waals surface area contributed by atoms with Gasteiger partial charge in [-0.05, 0) is 13.8 Å². The summed E-state index contributed by atoms with van der Waals surface area (Å²) in [6.07, 6.45) is 0.796. The molecule has 1 amide bonds. The van der Waals surface area contributed by atoms with Gasteiger partial charge < -0.3 is 4.74 Å². The van der Waals surface area contributed by atoms with Gasteiger partial charge in [-0.1, -0.05) is 5.17 Å². The summed E-state index contributed by atoms with van der Waals surface area (Å²) in [6, 6.07) is 0. The lowest BCUT2D eigenvalue weighted by atomic mass is 10.5. The number of rotatable bonds is 1. The zero-order chi connectivity index (χ0) is 8.27. The normalized spacial score (nSPS) is 22.4. The van der Waals surface area contributed by atoms with E-state index in [1.807, 2.05) is 0 Å². The van der Waals surface area contributed by atoms with Crippen LogP contribution in [0.1, 0.15) is 13.8 Å². The number of ether oxygens (including phenoxy) is 1. The molecule has 5 heteroatoms. The fourth-order valence-electron chi connectivity index (χ4n) is 0.635. The van der Waals surface area contributed by atoms with Crippen molar-refractivity contribution in [1.29, 1.82) is 0 Å². The van der Waals surface area contributed by atoms with E-state index in [1.54, 1.807) is 13.8 Å². The van der Waals surface area contributed by atoms with Gasteiger partial charge in [0.1, 0.15) is 6.10 Å². The lowest BCUT2D eigenvalue weighted by Gasteiger charge is -2.10. The number of hydrogen-bond donors (Lipinski definition) is 0. The van der Waals surface area contributed by atoms with Crippen molar-refractivity contribution in [2.24, 2.45) is 5.10 Å². The summed E-state index contributed by atoms with van der Waals surface area (Å²) in [6.45, 7) is 3.83. The molecule has 1 aliphatic heterocycles. The van der Waals surface area contributed by atoms with Gasteiger partial charge in [0, 0.05) is 0 Å². The average Bonchev–Trinajstić information content (AvgIpc) is 2.36.